The van der Waals surface area contributed by atoms with Gasteiger partial charge in [0.2, 0.25) is 0 Å². The minimum absolute atomic E-state index is 1.11. The van der Waals surface area contributed by atoms with Crippen molar-refractivity contribution >= 4 is 5.57 Å². The van der Waals surface area contributed by atoms with Crippen molar-refractivity contribution in [2.24, 2.45) is 0 Å². The number of imidazole rings is 1. The zero-order valence-electron chi connectivity index (χ0n) is 6.25. The van der Waals surface area contributed by atoms with Crippen molar-refractivity contribution in [2.75, 3.05) is 0 Å². The predicted molar refractivity (Wildman–Crippen MR) is 44.9 cm³/mol. The maximum Gasteiger partial charge on any atom is 0.0924 e. The van der Waals surface area contributed by atoms with E-state index in [4.69, 9.17) is 0 Å². The SMILES string of the molecule is C1=CC(c2cnc[nH]2)=CCC1. The number of hydrogen-bond donors (Lipinski definition) is 1. The Morgan fingerprint density at radius 3 is 3.00 bits per heavy atom. The number of aromatic amines is 1. The van der Waals surface area contributed by atoms with Crippen LogP contribution in [0.25, 0.3) is 5.57 Å². The van der Waals surface area contributed by atoms with Crippen LogP contribution in [0.3, 0.4) is 0 Å². The van der Waals surface area contributed by atoms with E-state index in [1.54, 1.807) is 6.33 Å². The first-order chi connectivity index (χ1) is 5.47. The second kappa shape index (κ2) is 2.74. The molecule has 0 spiro atoms. The smallest absolute Gasteiger partial charge is 0.0924 e. The van der Waals surface area contributed by atoms with Gasteiger partial charge in [-0.05, 0) is 18.4 Å². The molecular formula is C9H10N2. The standard InChI is InChI=1S/C9H10N2/c1-2-4-8(5-3-1)9-6-10-7-11-9/h2,4-7H,1,3H2,(H,10,11). The van der Waals surface area contributed by atoms with Crippen LogP contribution in [0.5, 0.6) is 0 Å². The van der Waals surface area contributed by atoms with Crippen molar-refractivity contribution in [3.8, 4) is 0 Å². The van der Waals surface area contributed by atoms with Crippen molar-refractivity contribution in [2.45, 2.75) is 12.8 Å². The summed E-state index contributed by atoms with van der Waals surface area (Å²) in [6.07, 6.45) is 12.4. The fraction of sp³-hybridized carbons (Fsp3) is 0.222. The van der Waals surface area contributed by atoms with Crippen LogP contribution < -0.4 is 0 Å². The van der Waals surface area contributed by atoms with E-state index >= 15 is 0 Å². The third-order valence-corrected chi connectivity index (χ3v) is 1.80. The highest BCUT2D eigenvalue weighted by atomic mass is 14.9. The van der Waals surface area contributed by atoms with Gasteiger partial charge in [0, 0.05) is 0 Å². The molecule has 1 N–H and O–H groups in total. The van der Waals surface area contributed by atoms with Crippen LogP contribution in [0.4, 0.5) is 0 Å². The molecule has 1 heterocycles. The van der Waals surface area contributed by atoms with E-state index in [1.165, 1.54) is 5.57 Å². The second-order valence-corrected chi connectivity index (χ2v) is 2.60. The van der Waals surface area contributed by atoms with Crippen LogP contribution in [0, 0.1) is 0 Å². The molecule has 56 valence electrons. The highest BCUT2D eigenvalue weighted by Gasteiger charge is 2.00. The van der Waals surface area contributed by atoms with Gasteiger partial charge in [0.05, 0.1) is 18.2 Å². The van der Waals surface area contributed by atoms with Gasteiger partial charge in [-0.15, -0.1) is 0 Å². The van der Waals surface area contributed by atoms with E-state index < -0.39 is 0 Å². The summed E-state index contributed by atoms with van der Waals surface area (Å²) in [5.41, 5.74) is 2.37. The largest absolute Gasteiger partial charge is 0.345 e. The highest BCUT2D eigenvalue weighted by molar-refractivity contribution is 5.71. The van der Waals surface area contributed by atoms with Crippen LogP contribution in [-0.2, 0) is 0 Å². The van der Waals surface area contributed by atoms with Crippen LogP contribution >= 0.6 is 0 Å². The molecule has 1 aromatic rings. The summed E-state index contributed by atoms with van der Waals surface area (Å²) in [7, 11) is 0. The number of hydrogen-bond acceptors (Lipinski definition) is 1. The fourth-order valence-corrected chi connectivity index (χ4v) is 1.23. The monoisotopic (exact) mass is 146 g/mol. The Hall–Kier alpha value is -1.31. The number of nitrogens with one attached hydrogen (secondary N) is 1. The lowest BCUT2D eigenvalue weighted by molar-refractivity contribution is 1.04. The molecule has 2 nitrogen and oxygen atoms in total. The Labute approximate surface area is 65.7 Å². The van der Waals surface area contributed by atoms with Crippen molar-refractivity contribution in [3.63, 3.8) is 0 Å². The number of rotatable bonds is 1. The van der Waals surface area contributed by atoms with Gasteiger partial charge >= 0.3 is 0 Å². The molecule has 0 aliphatic heterocycles. The zero-order valence-corrected chi connectivity index (χ0v) is 6.25. The molecule has 11 heavy (non-hydrogen) atoms. The third-order valence-electron chi connectivity index (χ3n) is 1.80. The lowest BCUT2D eigenvalue weighted by Gasteiger charge is -2.02. The van der Waals surface area contributed by atoms with Gasteiger partial charge in [-0.1, -0.05) is 18.2 Å². The van der Waals surface area contributed by atoms with Crippen molar-refractivity contribution in [1.82, 2.24) is 9.97 Å². The van der Waals surface area contributed by atoms with Gasteiger partial charge in [-0.3, -0.25) is 0 Å². The molecule has 0 unspecified atom stereocenters. The molecule has 0 atom stereocenters. The Morgan fingerprint density at radius 1 is 1.36 bits per heavy atom. The Kier molecular flexibility index (Phi) is 1.60. The van der Waals surface area contributed by atoms with Crippen molar-refractivity contribution < 1.29 is 0 Å². The normalized spacial score (nSPS) is 16.5. The minimum atomic E-state index is 1.11. The lowest BCUT2D eigenvalue weighted by Crippen LogP contribution is -1.84. The first-order valence-corrected chi connectivity index (χ1v) is 3.82. The maximum absolute atomic E-state index is 3.97. The average Bonchev–Trinajstić information content (AvgIpc) is 2.58. The summed E-state index contributed by atoms with van der Waals surface area (Å²) in [5, 5.41) is 0. The summed E-state index contributed by atoms with van der Waals surface area (Å²) < 4.78 is 0. The Morgan fingerprint density at radius 2 is 2.36 bits per heavy atom. The van der Waals surface area contributed by atoms with Gasteiger partial charge in [0.15, 0.2) is 0 Å². The van der Waals surface area contributed by atoms with Crippen molar-refractivity contribution in [1.29, 1.82) is 0 Å². The Balaban J connectivity index is 2.29. The molecule has 0 radical (unpaired) electrons. The van der Waals surface area contributed by atoms with Gasteiger partial charge in [-0.2, -0.15) is 0 Å². The molecule has 0 saturated heterocycles. The molecule has 1 aliphatic carbocycles. The molecule has 0 aromatic carbocycles. The Bertz CT molecular complexity index is 281. The number of aromatic nitrogens is 2. The fourth-order valence-electron chi connectivity index (χ4n) is 1.23. The van der Waals surface area contributed by atoms with Gasteiger partial charge in [0.25, 0.3) is 0 Å². The van der Waals surface area contributed by atoms with Gasteiger partial charge in [0.1, 0.15) is 0 Å². The average molecular weight is 146 g/mol. The highest BCUT2D eigenvalue weighted by Crippen LogP contribution is 2.18. The van der Waals surface area contributed by atoms with Gasteiger partial charge < -0.3 is 4.98 Å². The van der Waals surface area contributed by atoms with E-state index in [2.05, 4.69) is 28.2 Å². The molecule has 2 heteroatoms. The van der Waals surface area contributed by atoms with E-state index in [9.17, 15) is 0 Å². The van der Waals surface area contributed by atoms with E-state index in [1.807, 2.05) is 6.20 Å². The first kappa shape index (κ1) is 6.40. The van der Waals surface area contributed by atoms with Crippen LogP contribution in [0.2, 0.25) is 0 Å². The van der Waals surface area contributed by atoms with E-state index in [0.29, 0.717) is 0 Å². The van der Waals surface area contributed by atoms with Crippen molar-refractivity contribution in [3.05, 3.63) is 36.4 Å². The van der Waals surface area contributed by atoms with E-state index in [0.717, 1.165) is 18.5 Å². The number of H-pyrrole nitrogens is 1. The first-order valence-electron chi connectivity index (χ1n) is 3.82. The molecule has 0 fully saturated rings. The van der Waals surface area contributed by atoms with Crippen LogP contribution in [0.15, 0.2) is 30.8 Å². The zero-order chi connectivity index (χ0) is 7.52. The minimum Gasteiger partial charge on any atom is -0.345 e. The summed E-state index contributed by atoms with van der Waals surface area (Å²) in [5.74, 6) is 0. The third kappa shape index (κ3) is 1.24. The predicted octanol–water partition coefficient (Wildman–Crippen LogP) is 2.14. The number of allylic oxidation sites excluding steroid dienone is 4. The molecule has 1 aliphatic rings. The summed E-state index contributed by atoms with van der Waals surface area (Å²) in [6, 6.07) is 0. The quantitative estimate of drug-likeness (QED) is 0.646. The van der Waals surface area contributed by atoms with Gasteiger partial charge in [-0.25, -0.2) is 4.98 Å². The van der Waals surface area contributed by atoms with Crippen LogP contribution in [-0.4, -0.2) is 9.97 Å². The maximum atomic E-state index is 3.97. The second-order valence-electron chi connectivity index (χ2n) is 2.60. The topological polar surface area (TPSA) is 28.7 Å². The molecule has 0 saturated carbocycles. The molecule has 0 bridgehead atoms. The summed E-state index contributed by atoms with van der Waals surface area (Å²) in [4.78, 5) is 7.04. The molecule has 0 amide bonds. The van der Waals surface area contributed by atoms with Crippen LogP contribution in [0.1, 0.15) is 18.5 Å². The molecular weight excluding hydrogens is 136 g/mol. The lowest BCUT2D eigenvalue weighted by atomic mass is 10.1. The summed E-state index contributed by atoms with van der Waals surface area (Å²) >= 11 is 0. The molecule has 2 rings (SSSR count). The number of nitrogens with zero attached hydrogens (tertiary/aromatic N) is 1. The summed E-state index contributed by atoms with van der Waals surface area (Å²) in [6.45, 7) is 0. The van der Waals surface area contributed by atoms with E-state index in [-0.39, 0.29) is 0 Å². The molecule has 1 aromatic heterocycles.